The van der Waals surface area contributed by atoms with Gasteiger partial charge in [0.1, 0.15) is 0 Å². The Hall–Kier alpha value is -1.13. The maximum absolute atomic E-state index is 11.2. The summed E-state index contributed by atoms with van der Waals surface area (Å²) in [5.74, 6) is 0.423. The predicted octanol–water partition coefficient (Wildman–Crippen LogP) is 2.04. The van der Waals surface area contributed by atoms with Crippen LogP contribution in [0.15, 0.2) is 30.2 Å². The van der Waals surface area contributed by atoms with E-state index in [4.69, 9.17) is 0 Å². The van der Waals surface area contributed by atoms with E-state index in [-0.39, 0.29) is 5.91 Å². The van der Waals surface area contributed by atoms with Gasteiger partial charge in [0.05, 0.1) is 0 Å². The van der Waals surface area contributed by atoms with E-state index in [0.29, 0.717) is 12.0 Å². The number of carbonyl (C=O) groups is 1. The predicted molar refractivity (Wildman–Crippen MR) is 71.0 cm³/mol. The first-order valence-corrected chi connectivity index (χ1v) is 6.74. The van der Waals surface area contributed by atoms with Crippen molar-refractivity contribution in [2.45, 2.75) is 12.5 Å². The van der Waals surface area contributed by atoms with Crippen LogP contribution >= 0.6 is 11.3 Å². The average molecular weight is 250 g/mol. The molecule has 1 fully saturated rings. The molecule has 0 saturated carbocycles. The molecule has 2 heterocycles. The summed E-state index contributed by atoms with van der Waals surface area (Å²) in [4.78, 5) is 15.0. The van der Waals surface area contributed by atoms with Gasteiger partial charge in [0.25, 0.3) is 0 Å². The highest BCUT2D eigenvalue weighted by atomic mass is 32.1. The Kier molecular flexibility index (Phi) is 3.97. The van der Waals surface area contributed by atoms with Gasteiger partial charge in [0.15, 0.2) is 0 Å². The van der Waals surface area contributed by atoms with Crippen molar-refractivity contribution in [2.24, 2.45) is 5.92 Å². The third kappa shape index (κ3) is 2.76. The standard InChI is InChI=1S/C13H18N2OS/c1-3-12(16)14-9-10-6-7-15(2)13(10)11-5-4-8-17-11/h3-5,8,10,13H,1,6-7,9H2,2H3,(H,14,16). The summed E-state index contributed by atoms with van der Waals surface area (Å²) < 4.78 is 0. The van der Waals surface area contributed by atoms with E-state index >= 15 is 0 Å². The number of amides is 1. The molecule has 92 valence electrons. The van der Waals surface area contributed by atoms with Gasteiger partial charge in [-0.05, 0) is 43.5 Å². The Bertz CT molecular complexity index is 388. The Balaban J connectivity index is 2.01. The third-order valence-electron chi connectivity index (χ3n) is 3.33. The summed E-state index contributed by atoms with van der Waals surface area (Å²) >= 11 is 1.79. The van der Waals surface area contributed by atoms with Crippen LogP contribution in [0, 0.1) is 5.92 Å². The molecule has 3 nitrogen and oxygen atoms in total. The zero-order chi connectivity index (χ0) is 12.3. The van der Waals surface area contributed by atoms with Crippen LogP contribution < -0.4 is 5.32 Å². The van der Waals surface area contributed by atoms with E-state index in [2.05, 4.69) is 41.4 Å². The van der Waals surface area contributed by atoms with E-state index in [1.807, 2.05) is 0 Å². The maximum atomic E-state index is 11.2. The zero-order valence-corrected chi connectivity index (χ0v) is 10.9. The average Bonchev–Trinajstić information content (AvgIpc) is 2.95. The Morgan fingerprint density at radius 3 is 3.24 bits per heavy atom. The molecule has 0 radical (unpaired) electrons. The smallest absolute Gasteiger partial charge is 0.243 e. The number of hydrogen-bond donors (Lipinski definition) is 1. The largest absolute Gasteiger partial charge is 0.352 e. The number of nitrogens with zero attached hydrogens (tertiary/aromatic N) is 1. The molecule has 2 rings (SSSR count). The molecule has 1 N–H and O–H groups in total. The monoisotopic (exact) mass is 250 g/mol. The first-order chi connectivity index (χ1) is 8.22. The minimum Gasteiger partial charge on any atom is -0.352 e. The molecule has 1 aromatic rings. The topological polar surface area (TPSA) is 32.3 Å². The highest BCUT2D eigenvalue weighted by Gasteiger charge is 2.33. The van der Waals surface area contributed by atoms with Crippen LogP contribution in [-0.4, -0.2) is 30.9 Å². The van der Waals surface area contributed by atoms with E-state index in [1.54, 1.807) is 11.3 Å². The van der Waals surface area contributed by atoms with Crippen LogP contribution in [0.2, 0.25) is 0 Å². The van der Waals surface area contributed by atoms with Crippen molar-refractivity contribution in [2.75, 3.05) is 20.1 Å². The van der Waals surface area contributed by atoms with Gasteiger partial charge in [-0.15, -0.1) is 11.3 Å². The van der Waals surface area contributed by atoms with Crippen LogP contribution in [0.3, 0.4) is 0 Å². The number of likely N-dealkylation sites (tertiary alicyclic amines) is 1. The number of thiophene rings is 1. The molecular weight excluding hydrogens is 232 g/mol. The molecule has 4 heteroatoms. The summed E-state index contributed by atoms with van der Waals surface area (Å²) in [6.45, 7) is 5.30. The van der Waals surface area contributed by atoms with Crippen molar-refractivity contribution in [3.63, 3.8) is 0 Å². The fraction of sp³-hybridized carbons (Fsp3) is 0.462. The fourth-order valence-electron chi connectivity index (χ4n) is 2.45. The summed E-state index contributed by atoms with van der Waals surface area (Å²) in [6.07, 6.45) is 2.47. The minimum absolute atomic E-state index is 0.0792. The summed E-state index contributed by atoms with van der Waals surface area (Å²) in [7, 11) is 2.15. The Morgan fingerprint density at radius 1 is 1.76 bits per heavy atom. The highest BCUT2D eigenvalue weighted by Crippen LogP contribution is 2.37. The second-order valence-corrected chi connectivity index (χ2v) is 5.42. The lowest BCUT2D eigenvalue weighted by Gasteiger charge is -2.24. The molecule has 17 heavy (non-hydrogen) atoms. The number of rotatable bonds is 4. The molecular formula is C13H18N2OS. The molecule has 0 aliphatic carbocycles. The summed E-state index contributed by atoms with van der Waals surface area (Å²) in [5.41, 5.74) is 0. The first kappa shape index (κ1) is 12.3. The first-order valence-electron chi connectivity index (χ1n) is 5.86. The van der Waals surface area contributed by atoms with Crippen LogP contribution in [0.5, 0.6) is 0 Å². The van der Waals surface area contributed by atoms with Gasteiger partial charge in [-0.2, -0.15) is 0 Å². The third-order valence-corrected chi connectivity index (χ3v) is 4.28. The van der Waals surface area contributed by atoms with Crippen molar-refractivity contribution in [3.8, 4) is 0 Å². The molecule has 2 unspecified atom stereocenters. The lowest BCUT2D eigenvalue weighted by atomic mass is 9.99. The van der Waals surface area contributed by atoms with Crippen molar-refractivity contribution in [1.29, 1.82) is 0 Å². The molecule has 1 saturated heterocycles. The van der Waals surface area contributed by atoms with Crippen LogP contribution in [0.25, 0.3) is 0 Å². The van der Waals surface area contributed by atoms with Gasteiger partial charge in [0, 0.05) is 17.5 Å². The van der Waals surface area contributed by atoms with Crippen molar-refractivity contribution in [1.82, 2.24) is 10.2 Å². The van der Waals surface area contributed by atoms with Crippen molar-refractivity contribution < 1.29 is 4.79 Å². The Morgan fingerprint density at radius 2 is 2.59 bits per heavy atom. The maximum Gasteiger partial charge on any atom is 0.243 e. The fourth-order valence-corrected chi connectivity index (χ4v) is 3.44. The number of nitrogens with one attached hydrogen (secondary N) is 1. The molecule has 0 aromatic carbocycles. The van der Waals surface area contributed by atoms with Crippen LogP contribution in [0.4, 0.5) is 0 Å². The Labute approximate surface area is 106 Å². The normalized spacial score (nSPS) is 24.8. The lowest BCUT2D eigenvalue weighted by Crippen LogP contribution is -2.31. The van der Waals surface area contributed by atoms with Gasteiger partial charge < -0.3 is 5.32 Å². The summed E-state index contributed by atoms with van der Waals surface area (Å²) in [5, 5.41) is 5.02. The van der Waals surface area contributed by atoms with Gasteiger partial charge in [0.2, 0.25) is 5.91 Å². The molecule has 0 bridgehead atoms. The van der Waals surface area contributed by atoms with Crippen molar-refractivity contribution in [3.05, 3.63) is 35.0 Å². The summed E-state index contributed by atoms with van der Waals surface area (Å²) in [6, 6.07) is 4.71. The zero-order valence-electron chi connectivity index (χ0n) is 10.1. The second kappa shape index (κ2) is 5.47. The highest BCUT2D eigenvalue weighted by molar-refractivity contribution is 7.10. The van der Waals surface area contributed by atoms with E-state index < -0.39 is 0 Å². The molecule has 0 spiro atoms. The molecule has 1 aliphatic rings. The van der Waals surface area contributed by atoms with E-state index in [0.717, 1.165) is 19.5 Å². The van der Waals surface area contributed by atoms with Crippen LogP contribution in [0.1, 0.15) is 17.3 Å². The lowest BCUT2D eigenvalue weighted by molar-refractivity contribution is -0.116. The molecule has 2 atom stereocenters. The van der Waals surface area contributed by atoms with Gasteiger partial charge in [-0.3, -0.25) is 9.69 Å². The van der Waals surface area contributed by atoms with Gasteiger partial charge >= 0.3 is 0 Å². The quantitative estimate of drug-likeness (QED) is 0.829. The minimum atomic E-state index is -0.0792. The van der Waals surface area contributed by atoms with Gasteiger partial charge in [-0.1, -0.05) is 12.6 Å². The second-order valence-electron chi connectivity index (χ2n) is 4.44. The molecule has 1 aromatic heterocycles. The number of carbonyl (C=O) groups excluding carboxylic acids is 1. The van der Waals surface area contributed by atoms with E-state index in [9.17, 15) is 4.79 Å². The van der Waals surface area contributed by atoms with Gasteiger partial charge in [-0.25, -0.2) is 0 Å². The SMILES string of the molecule is C=CC(=O)NCC1CCN(C)C1c1cccs1. The molecule has 1 aliphatic heterocycles. The molecule has 1 amide bonds. The number of hydrogen-bond acceptors (Lipinski definition) is 3. The van der Waals surface area contributed by atoms with E-state index in [1.165, 1.54) is 11.0 Å². The van der Waals surface area contributed by atoms with Crippen LogP contribution in [-0.2, 0) is 4.79 Å². The van der Waals surface area contributed by atoms with Crippen molar-refractivity contribution >= 4 is 17.2 Å².